The average Bonchev–Trinajstić information content (AvgIpc) is 2.91. The van der Waals surface area contributed by atoms with Crippen molar-refractivity contribution in [3.05, 3.63) is 58.3 Å². The second-order valence-electron chi connectivity index (χ2n) is 4.69. The van der Waals surface area contributed by atoms with Crippen LogP contribution in [0.5, 0.6) is 5.75 Å². The number of rotatable bonds is 3. The van der Waals surface area contributed by atoms with Crippen molar-refractivity contribution >= 4 is 40.3 Å². The normalized spacial score (nSPS) is 10.7. The Morgan fingerprint density at radius 1 is 1.22 bits per heavy atom. The second kappa shape index (κ2) is 6.48. The first-order valence-electron chi connectivity index (χ1n) is 6.72. The fourth-order valence-electron chi connectivity index (χ4n) is 2.20. The Labute approximate surface area is 142 Å². The summed E-state index contributed by atoms with van der Waals surface area (Å²) in [5, 5.41) is 0.905. The van der Waals surface area contributed by atoms with E-state index >= 15 is 0 Å². The number of hydrogen-bond donors (Lipinski definition) is 0. The molecule has 0 bridgehead atoms. The van der Waals surface area contributed by atoms with Crippen LogP contribution in [0.1, 0.15) is 5.82 Å². The third-order valence-corrected chi connectivity index (χ3v) is 3.77. The Bertz CT molecular complexity index is 877. The molecular weight excluding hydrogens is 339 g/mol. The number of imidazole rings is 1. The van der Waals surface area contributed by atoms with Crippen LogP contribution in [0.25, 0.3) is 11.0 Å². The largest absolute Gasteiger partial charge is 0.484 e. The summed E-state index contributed by atoms with van der Waals surface area (Å²) in [5.41, 5.74) is 1.33. The predicted molar refractivity (Wildman–Crippen MR) is 88.3 cm³/mol. The standard InChI is InChI=1S/C16H12Cl2N2O3/c1-22-16(21)20-13-5-3-2-4-12(13)19-15(20)9-23-14-7-6-10(17)8-11(14)18/h2-8H,9H2,1H3. The zero-order valence-electron chi connectivity index (χ0n) is 12.1. The Morgan fingerprint density at radius 3 is 2.74 bits per heavy atom. The van der Waals surface area contributed by atoms with Gasteiger partial charge in [0.25, 0.3) is 0 Å². The highest BCUT2D eigenvalue weighted by Crippen LogP contribution is 2.28. The number of para-hydroxylation sites is 2. The molecule has 7 heteroatoms. The van der Waals surface area contributed by atoms with E-state index in [0.717, 1.165) is 0 Å². The fourth-order valence-corrected chi connectivity index (χ4v) is 2.67. The highest BCUT2D eigenvalue weighted by Gasteiger charge is 2.17. The first-order chi connectivity index (χ1) is 11.1. The highest BCUT2D eigenvalue weighted by molar-refractivity contribution is 6.35. The summed E-state index contributed by atoms with van der Waals surface area (Å²) in [5.74, 6) is 0.878. The van der Waals surface area contributed by atoms with Crippen LogP contribution in [-0.2, 0) is 11.3 Å². The summed E-state index contributed by atoms with van der Waals surface area (Å²) in [6.45, 7) is 0.0606. The molecule has 23 heavy (non-hydrogen) atoms. The second-order valence-corrected chi connectivity index (χ2v) is 5.53. The van der Waals surface area contributed by atoms with Crippen LogP contribution < -0.4 is 4.74 Å². The Morgan fingerprint density at radius 2 is 2.00 bits per heavy atom. The Hall–Kier alpha value is -2.24. The smallest absolute Gasteiger partial charge is 0.419 e. The van der Waals surface area contributed by atoms with E-state index in [9.17, 15) is 4.79 Å². The summed E-state index contributed by atoms with van der Waals surface area (Å²) in [6, 6.07) is 12.2. The van der Waals surface area contributed by atoms with Crippen molar-refractivity contribution in [1.29, 1.82) is 0 Å². The quantitative estimate of drug-likeness (QED) is 0.695. The number of aromatic nitrogens is 2. The van der Waals surface area contributed by atoms with E-state index in [1.165, 1.54) is 11.7 Å². The van der Waals surface area contributed by atoms with E-state index in [1.807, 2.05) is 18.2 Å². The van der Waals surface area contributed by atoms with Crippen molar-refractivity contribution in [2.75, 3.05) is 7.11 Å². The number of hydrogen-bond acceptors (Lipinski definition) is 4. The molecule has 5 nitrogen and oxygen atoms in total. The summed E-state index contributed by atoms with van der Waals surface area (Å²) in [7, 11) is 1.32. The zero-order valence-corrected chi connectivity index (χ0v) is 13.6. The van der Waals surface area contributed by atoms with Crippen molar-refractivity contribution < 1.29 is 14.3 Å². The van der Waals surface area contributed by atoms with Crippen molar-refractivity contribution in [1.82, 2.24) is 9.55 Å². The molecule has 3 aromatic rings. The van der Waals surface area contributed by atoms with E-state index in [2.05, 4.69) is 4.98 Å². The molecule has 118 valence electrons. The van der Waals surface area contributed by atoms with Gasteiger partial charge in [-0.15, -0.1) is 0 Å². The van der Waals surface area contributed by atoms with Gasteiger partial charge in [0.1, 0.15) is 12.4 Å². The molecule has 3 rings (SSSR count). The van der Waals surface area contributed by atoms with Crippen molar-refractivity contribution in [3.8, 4) is 5.75 Å². The summed E-state index contributed by atoms with van der Waals surface area (Å²) in [6.07, 6.45) is -0.528. The van der Waals surface area contributed by atoms with Gasteiger partial charge in [0, 0.05) is 5.02 Å². The number of methoxy groups -OCH3 is 1. The molecule has 0 radical (unpaired) electrons. The van der Waals surface area contributed by atoms with Crippen molar-refractivity contribution in [2.24, 2.45) is 0 Å². The molecular formula is C16H12Cl2N2O3. The van der Waals surface area contributed by atoms with E-state index in [0.29, 0.717) is 32.7 Å². The van der Waals surface area contributed by atoms with Gasteiger partial charge in [-0.25, -0.2) is 14.3 Å². The summed E-state index contributed by atoms with van der Waals surface area (Å²) in [4.78, 5) is 16.4. The maximum absolute atomic E-state index is 12.0. The van der Waals surface area contributed by atoms with E-state index in [1.54, 1.807) is 24.3 Å². The molecule has 0 aliphatic heterocycles. The number of halogens is 2. The molecule has 0 spiro atoms. The van der Waals surface area contributed by atoms with Crippen LogP contribution in [0.15, 0.2) is 42.5 Å². The summed E-state index contributed by atoms with van der Waals surface area (Å²) >= 11 is 11.9. The minimum atomic E-state index is -0.528. The topological polar surface area (TPSA) is 53.4 Å². The number of carbonyl (C=O) groups excluding carboxylic acids is 1. The molecule has 0 amide bonds. The lowest BCUT2D eigenvalue weighted by molar-refractivity contribution is 0.171. The van der Waals surface area contributed by atoms with Crippen LogP contribution in [-0.4, -0.2) is 22.8 Å². The SMILES string of the molecule is COC(=O)n1c(COc2ccc(Cl)cc2Cl)nc2ccccc21. The van der Waals surface area contributed by atoms with Crippen molar-refractivity contribution in [3.63, 3.8) is 0 Å². The van der Waals surface area contributed by atoms with Gasteiger partial charge in [0.15, 0.2) is 5.82 Å². The van der Waals surface area contributed by atoms with E-state index in [4.69, 9.17) is 32.7 Å². The van der Waals surface area contributed by atoms with Gasteiger partial charge >= 0.3 is 6.09 Å². The molecule has 0 aliphatic rings. The zero-order chi connectivity index (χ0) is 16.4. The van der Waals surface area contributed by atoms with Crippen molar-refractivity contribution in [2.45, 2.75) is 6.61 Å². The molecule has 1 heterocycles. The lowest BCUT2D eigenvalue weighted by Crippen LogP contribution is -2.16. The number of benzene rings is 2. The number of carbonyl (C=O) groups is 1. The predicted octanol–water partition coefficient (Wildman–Crippen LogP) is 4.54. The monoisotopic (exact) mass is 350 g/mol. The van der Waals surface area contributed by atoms with Gasteiger partial charge in [-0.3, -0.25) is 0 Å². The molecule has 0 unspecified atom stereocenters. The average molecular weight is 351 g/mol. The van der Waals surface area contributed by atoms with Gasteiger partial charge in [-0.2, -0.15) is 0 Å². The van der Waals surface area contributed by atoms with Crippen LogP contribution in [0, 0.1) is 0 Å². The van der Waals surface area contributed by atoms with E-state index in [-0.39, 0.29) is 6.61 Å². The van der Waals surface area contributed by atoms with Crippen LogP contribution in [0.2, 0.25) is 10.0 Å². The van der Waals surface area contributed by atoms with Gasteiger partial charge in [0.05, 0.1) is 23.2 Å². The first kappa shape index (κ1) is 15.6. The molecule has 0 atom stereocenters. The fraction of sp³-hybridized carbons (Fsp3) is 0.125. The Kier molecular flexibility index (Phi) is 4.41. The minimum absolute atomic E-state index is 0.0606. The maximum Gasteiger partial charge on any atom is 0.419 e. The minimum Gasteiger partial charge on any atom is -0.484 e. The lowest BCUT2D eigenvalue weighted by atomic mass is 10.3. The van der Waals surface area contributed by atoms with Gasteiger partial charge in [0.2, 0.25) is 0 Å². The third-order valence-electron chi connectivity index (χ3n) is 3.24. The number of ether oxygens (including phenoxy) is 2. The molecule has 2 aromatic carbocycles. The van der Waals surface area contributed by atoms with Crippen LogP contribution in [0.4, 0.5) is 4.79 Å². The molecule has 0 fully saturated rings. The molecule has 0 N–H and O–H groups in total. The van der Waals surface area contributed by atoms with Gasteiger partial charge in [-0.05, 0) is 30.3 Å². The highest BCUT2D eigenvalue weighted by atomic mass is 35.5. The number of nitrogens with zero attached hydrogens (tertiary/aromatic N) is 2. The molecule has 0 saturated carbocycles. The van der Waals surface area contributed by atoms with Gasteiger partial charge < -0.3 is 9.47 Å². The molecule has 1 aromatic heterocycles. The molecule has 0 aliphatic carbocycles. The molecule has 0 saturated heterocycles. The number of fused-ring (bicyclic) bond motifs is 1. The lowest BCUT2D eigenvalue weighted by Gasteiger charge is -2.09. The maximum atomic E-state index is 12.0. The van der Waals surface area contributed by atoms with Gasteiger partial charge in [-0.1, -0.05) is 35.3 Å². The third kappa shape index (κ3) is 3.11. The Balaban J connectivity index is 1.94. The first-order valence-corrected chi connectivity index (χ1v) is 7.48. The summed E-state index contributed by atoms with van der Waals surface area (Å²) < 4.78 is 11.9. The van der Waals surface area contributed by atoms with Crippen LogP contribution in [0.3, 0.4) is 0 Å². The van der Waals surface area contributed by atoms with Crippen LogP contribution >= 0.6 is 23.2 Å². The van der Waals surface area contributed by atoms with E-state index < -0.39 is 6.09 Å².